The van der Waals surface area contributed by atoms with Gasteiger partial charge in [0.05, 0.1) is 5.69 Å². The van der Waals surface area contributed by atoms with Crippen LogP contribution in [0.25, 0.3) is 11.3 Å². The van der Waals surface area contributed by atoms with E-state index in [1.165, 1.54) is 5.56 Å². The number of nitrogens with two attached hydrogens (primary N) is 1. The van der Waals surface area contributed by atoms with Crippen LogP contribution < -0.4 is 5.73 Å². The second-order valence-corrected chi connectivity index (χ2v) is 5.61. The Kier molecular flexibility index (Phi) is 3.68. The van der Waals surface area contributed by atoms with Crippen LogP contribution in [-0.4, -0.2) is 23.0 Å². The predicted molar refractivity (Wildman–Crippen MR) is 80.9 cm³/mol. The summed E-state index contributed by atoms with van der Waals surface area (Å²) in [4.78, 5) is 0. The van der Waals surface area contributed by atoms with Gasteiger partial charge in [-0.2, -0.15) is 5.10 Å². The highest BCUT2D eigenvalue weighted by Crippen LogP contribution is 2.34. The van der Waals surface area contributed by atoms with E-state index in [1.807, 2.05) is 19.2 Å². The number of anilines is 1. The van der Waals surface area contributed by atoms with Crippen LogP contribution in [0.15, 0.2) is 24.3 Å². The van der Waals surface area contributed by atoms with Gasteiger partial charge in [0.2, 0.25) is 0 Å². The van der Waals surface area contributed by atoms with Crippen molar-refractivity contribution >= 4 is 17.4 Å². The fourth-order valence-corrected chi connectivity index (χ4v) is 2.98. The molecule has 2 N–H and O–H groups in total. The van der Waals surface area contributed by atoms with Gasteiger partial charge in [-0.05, 0) is 30.4 Å². The SMILES string of the molecule is Cn1nc(-c2ccc(C3CCOCC3)c(Cl)c2)cc1N. The minimum Gasteiger partial charge on any atom is -0.384 e. The van der Waals surface area contributed by atoms with E-state index in [0.717, 1.165) is 42.3 Å². The van der Waals surface area contributed by atoms with Crippen LogP contribution in [0.1, 0.15) is 24.3 Å². The normalized spacial score (nSPS) is 16.5. The molecule has 1 aromatic heterocycles. The molecule has 1 aliphatic rings. The summed E-state index contributed by atoms with van der Waals surface area (Å²) in [5.74, 6) is 1.14. The van der Waals surface area contributed by atoms with Crippen LogP contribution in [-0.2, 0) is 11.8 Å². The maximum atomic E-state index is 6.45. The Morgan fingerprint density at radius 1 is 1.30 bits per heavy atom. The van der Waals surface area contributed by atoms with Crippen molar-refractivity contribution in [1.82, 2.24) is 9.78 Å². The molecule has 0 atom stereocenters. The second kappa shape index (κ2) is 5.46. The number of halogens is 1. The molecule has 3 rings (SSSR count). The molecule has 1 fully saturated rings. The average molecular weight is 292 g/mol. The number of benzene rings is 1. The standard InChI is InChI=1S/C15H18ClN3O/c1-19-15(17)9-14(18-19)11-2-3-12(13(16)8-11)10-4-6-20-7-5-10/h2-3,8-10H,4-7,17H2,1H3. The van der Waals surface area contributed by atoms with E-state index < -0.39 is 0 Å². The summed E-state index contributed by atoms with van der Waals surface area (Å²) in [7, 11) is 1.83. The van der Waals surface area contributed by atoms with Crippen LogP contribution >= 0.6 is 11.6 Å². The molecule has 4 nitrogen and oxygen atoms in total. The molecular weight excluding hydrogens is 274 g/mol. The molecule has 20 heavy (non-hydrogen) atoms. The molecular formula is C15H18ClN3O. The van der Waals surface area contributed by atoms with Gasteiger partial charge in [0.15, 0.2) is 0 Å². The van der Waals surface area contributed by atoms with Gasteiger partial charge in [-0.1, -0.05) is 23.7 Å². The van der Waals surface area contributed by atoms with Gasteiger partial charge in [0.1, 0.15) is 5.82 Å². The van der Waals surface area contributed by atoms with E-state index in [4.69, 9.17) is 22.1 Å². The summed E-state index contributed by atoms with van der Waals surface area (Å²) in [6, 6.07) is 8.02. The number of aryl methyl sites for hydroxylation is 1. The molecule has 1 aromatic carbocycles. The van der Waals surface area contributed by atoms with E-state index in [-0.39, 0.29) is 0 Å². The fourth-order valence-electron chi connectivity index (χ4n) is 2.65. The Hall–Kier alpha value is -1.52. The monoisotopic (exact) mass is 291 g/mol. The van der Waals surface area contributed by atoms with Gasteiger partial charge in [0.25, 0.3) is 0 Å². The molecule has 2 heterocycles. The summed E-state index contributed by atoms with van der Waals surface area (Å²) in [5.41, 5.74) is 8.88. The van der Waals surface area contributed by atoms with Gasteiger partial charge in [0, 0.05) is 36.9 Å². The van der Waals surface area contributed by atoms with Crippen molar-refractivity contribution in [1.29, 1.82) is 0 Å². The zero-order valence-corrected chi connectivity index (χ0v) is 12.2. The summed E-state index contributed by atoms with van der Waals surface area (Å²) in [6.45, 7) is 1.64. The van der Waals surface area contributed by atoms with E-state index >= 15 is 0 Å². The number of hydrogen-bond donors (Lipinski definition) is 1. The molecule has 0 unspecified atom stereocenters. The van der Waals surface area contributed by atoms with E-state index in [2.05, 4.69) is 17.2 Å². The number of rotatable bonds is 2. The van der Waals surface area contributed by atoms with Crippen LogP contribution in [0.5, 0.6) is 0 Å². The molecule has 0 aliphatic carbocycles. The van der Waals surface area contributed by atoms with Gasteiger partial charge >= 0.3 is 0 Å². The van der Waals surface area contributed by atoms with Crippen molar-refractivity contribution in [2.24, 2.45) is 7.05 Å². The zero-order chi connectivity index (χ0) is 14.1. The molecule has 1 saturated heterocycles. The van der Waals surface area contributed by atoms with E-state index in [0.29, 0.717) is 11.7 Å². The number of nitrogen functional groups attached to an aromatic ring is 1. The van der Waals surface area contributed by atoms with Crippen LogP contribution in [0.4, 0.5) is 5.82 Å². The third-order valence-electron chi connectivity index (χ3n) is 3.87. The molecule has 2 aromatic rings. The van der Waals surface area contributed by atoms with Crippen LogP contribution in [0, 0.1) is 0 Å². The highest BCUT2D eigenvalue weighted by molar-refractivity contribution is 6.31. The van der Waals surface area contributed by atoms with Crippen molar-refractivity contribution in [2.75, 3.05) is 18.9 Å². The Morgan fingerprint density at radius 2 is 2.05 bits per heavy atom. The molecule has 0 saturated carbocycles. The Morgan fingerprint density at radius 3 is 2.65 bits per heavy atom. The van der Waals surface area contributed by atoms with Gasteiger partial charge in [-0.25, -0.2) is 0 Å². The maximum absolute atomic E-state index is 6.45. The first kappa shape index (κ1) is 13.5. The van der Waals surface area contributed by atoms with Gasteiger partial charge in [-0.3, -0.25) is 4.68 Å². The summed E-state index contributed by atoms with van der Waals surface area (Å²) in [5, 5.41) is 5.18. The molecule has 0 amide bonds. The summed E-state index contributed by atoms with van der Waals surface area (Å²) < 4.78 is 7.06. The van der Waals surface area contributed by atoms with Crippen molar-refractivity contribution in [3.05, 3.63) is 34.9 Å². The summed E-state index contributed by atoms with van der Waals surface area (Å²) in [6.07, 6.45) is 2.07. The number of ether oxygens (including phenoxy) is 1. The number of nitrogens with zero attached hydrogens (tertiary/aromatic N) is 2. The third-order valence-corrected chi connectivity index (χ3v) is 4.20. The number of hydrogen-bond acceptors (Lipinski definition) is 3. The first-order valence-electron chi connectivity index (χ1n) is 6.82. The van der Waals surface area contributed by atoms with Crippen molar-refractivity contribution in [2.45, 2.75) is 18.8 Å². The Bertz CT molecular complexity index is 598. The first-order valence-corrected chi connectivity index (χ1v) is 7.20. The lowest BCUT2D eigenvalue weighted by atomic mass is 9.91. The first-order chi connectivity index (χ1) is 9.65. The lowest BCUT2D eigenvalue weighted by Gasteiger charge is -2.23. The average Bonchev–Trinajstić information content (AvgIpc) is 2.79. The highest BCUT2D eigenvalue weighted by atomic mass is 35.5. The lowest BCUT2D eigenvalue weighted by Crippen LogP contribution is -2.14. The smallest absolute Gasteiger partial charge is 0.121 e. The maximum Gasteiger partial charge on any atom is 0.121 e. The molecule has 1 aliphatic heterocycles. The topological polar surface area (TPSA) is 53.1 Å². The predicted octanol–water partition coefficient (Wildman–Crippen LogP) is 3.22. The quantitative estimate of drug-likeness (QED) is 0.924. The molecule has 0 radical (unpaired) electrons. The molecule has 0 spiro atoms. The Labute approximate surface area is 123 Å². The summed E-state index contributed by atoms with van der Waals surface area (Å²) >= 11 is 6.45. The zero-order valence-electron chi connectivity index (χ0n) is 11.5. The van der Waals surface area contributed by atoms with Gasteiger partial charge in [-0.15, -0.1) is 0 Å². The largest absolute Gasteiger partial charge is 0.384 e. The van der Waals surface area contributed by atoms with Gasteiger partial charge < -0.3 is 10.5 Å². The third kappa shape index (κ3) is 2.53. The molecule has 0 bridgehead atoms. The minimum atomic E-state index is 0.499. The van der Waals surface area contributed by atoms with Crippen molar-refractivity contribution in [3.8, 4) is 11.3 Å². The van der Waals surface area contributed by atoms with Crippen molar-refractivity contribution in [3.63, 3.8) is 0 Å². The lowest BCUT2D eigenvalue weighted by molar-refractivity contribution is 0.0853. The highest BCUT2D eigenvalue weighted by Gasteiger charge is 2.19. The van der Waals surface area contributed by atoms with E-state index in [1.54, 1.807) is 4.68 Å². The van der Waals surface area contributed by atoms with Crippen molar-refractivity contribution < 1.29 is 4.74 Å². The van der Waals surface area contributed by atoms with Crippen LogP contribution in [0.3, 0.4) is 0 Å². The Balaban J connectivity index is 1.90. The van der Waals surface area contributed by atoms with E-state index in [9.17, 15) is 0 Å². The molecule has 5 heteroatoms. The number of aromatic nitrogens is 2. The minimum absolute atomic E-state index is 0.499. The molecule has 106 valence electrons. The van der Waals surface area contributed by atoms with Crippen LogP contribution in [0.2, 0.25) is 5.02 Å². The second-order valence-electron chi connectivity index (χ2n) is 5.20. The fraction of sp³-hybridized carbons (Fsp3) is 0.400.